The lowest BCUT2D eigenvalue weighted by Crippen LogP contribution is -2.61. The summed E-state index contributed by atoms with van der Waals surface area (Å²) in [5.41, 5.74) is 0.195. The first-order valence-corrected chi connectivity index (χ1v) is 7.59. The Labute approximate surface area is 107 Å². The van der Waals surface area contributed by atoms with Crippen LogP contribution in [-0.4, -0.2) is 39.1 Å². The van der Waals surface area contributed by atoms with Gasteiger partial charge in [-0.15, -0.1) is 0 Å². The van der Waals surface area contributed by atoms with Crippen LogP contribution >= 0.6 is 0 Å². The van der Waals surface area contributed by atoms with E-state index in [0.29, 0.717) is 10.6 Å². The largest absolute Gasteiger partial charge is 0.365 e. The van der Waals surface area contributed by atoms with Gasteiger partial charge in [0.2, 0.25) is 10.0 Å². The zero-order valence-electron chi connectivity index (χ0n) is 10.3. The Balaban J connectivity index is 2.00. The fourth-order valence-corrected chi connectivity index (χ4v) is 4.17. The fraction of sp³-hybridized carbons (Fsp3) is 0.500. The van der Waals surface area contributed by atoms with Gasteiger partial charge in [0.15, 0.2) is 0 Å². The molecule has 1 aromatic rings. The molecule has 1 spiro atoms. The lowest BCUT2D eigenvalue weighted by atomic mass is 9.97. The number of rotatable bonds is 0. The van der Waals surface area contributed by atoms with Gasteiger partial charge in [0.05, 0.1) is 5.69 Å². The van der Waals surface area contributed by atoms with Crippen molar-refractivity contribution in [3.05, 3.63) is 24.3 Å². The molecule has 0 aromatic heterocycles. The molecule has 0 amide bonds. The van der Waals surface area contributed by atoms with Crippen molar-refractivity contribution in [2.45, 2.75) is 23.4 Å². The van der Waals surface area contributed by atoms with Crippen molar-refractivity contribution in [2.24, 2.45) is 0 Å². The summed E-state index contributed by atoms with van der Waals surface area (Å²) in [7, 11) is -1.34. The molecule has 3 rings (SSSR count). The van der Waals surface area contributed by atoms with Crippen molar-refractivity contribution >= 4 is 15.7 Å². The molecule has 0 unspecified atom stereocenters. The minimum atomic E-state index is -3.40. The Morgan fingerprint density at radius 1 is 1.22 bits per heavy atom. The van der Waals surface area contributed by atoms with E-state index in [0.717, 1.165) is 25.9 Å². The highest BCUT2D eigenvalue weighted by atomic mass is 32.2. The summed E-state index contributed by atoms with van der Waals surface area (Å²) in [4.78, 5) is 2.55. The minimum absolute atomic E-state index is 0.342. The summed E-state index contributed by atoms with van der Waals surface area (Å²) >= 11 is 0. The summed E-state index contributed by atoms with van der Waals surface area (Å²) in [5.74, 6) is 0. The number of piperidine rings is 1. The van der Waals surface area contributed by atoms with Gasteiger partial charge < -0.3 is 10.2 Å². The number of nitrogens with one attached hydrogen (secondary N) is 2. The number of para-hydroxylation sites is 1. The summed E-state index contributed by atoms with van der Waals surface area (Å²) in [6, 6.07) is 7.06. The second-order valence-electron chi connectivity index (χ2n) is 5.11. The van der Waals surface area contributed by atoms with Gasteiger partial charge in [-0.1, -0.05) is 12.1 Å². The highest BCUT2D eigenvalue weighted by molar-refractivity contribution is 7.89. The van der Waals surface area contributed by atoms with E-state index in [-0.39, 0.29) is 0 Å². The first-order valence-electron chi connectivity index (χ1n) is 6.11. The summed E-state index contributed by atoms with van der Waals surface area (Å²) in [5, 5.41) is 3.37. The van der Waals surface area contributed by atoms with E-state index in [9.17, 15) is 8.42 Å². The summed E-state index contributed by atoms with van der Waals surface area (Å²) in [6.07, 6.45) is 1.55. The molecule has 1 aromatic carbocycles. The van der Waals surface area contributed by atoms with Crippen molar-refractivity contribution < 1.29 is 8.42 Å². The van der Waals surface area contributed by atoms with Gasteiger partial charge in [-0.2, -0.15) is 4.72 Å². The summed E-state index contributed by atoms with van der Waals surface area (Å²) < 4.78 is 27.3. The van der Waals surface area contributed by atoms with E-state index < -0.39 is 15.7 Å². The van der Waals surface area contributed by atoms with E-state index in [1.165, 1.54) is 0 Å². The van der Waals surface area contributed by atoms with Gasteiger partial charge in [-0.3, -0.25) is 0 Å². The van der Waals surface area contributed by atoms with Crippen LogP contribution in [0.1, 0.15) is 12.8 Å². The Bertz CT molecular complexity index is 562. The second-order valence-corrected chi connectivity index (χ2v) is 6.76. The van der Waals surface area contributed by atoms with Crippen LogP contribution in [0.15, 0.2) is 29.2 Å². The third-order valence-electron chi connectivity index (χ3n) is 3.72. The molecule has 18 heavy (non-hydrogen) atoms. The van der Waals surface area contributed by atoms with Crippen molar-refractivity contribution in [3.63, 3.8) is 0 Å². The Morgan fingerprint density at radius 2 is 1.89 bits per heavy atom. The molecular weight excluding hydrogens is 250 g/mol. The maximum atomic E-state index is 12.3. The number of hydrogen-bond donors (Lipinski definition) is 2. The molecular formula is C12H17N3O2S. The van der Waals surface area contributed by atoms with Gasteiger partial charge in [0, 0.05) is 13.1 Å². The molecule has 2 heterocycles. The molecule has 2 aliphatic heterocycles. The predicted octanol–water partition coefficient (Wildman–Crippen LogP) is 0.812. The smallest absolute Gasteiger partial charge is 0.244 e. The zero-order valence-corrected chi connectivity index (χ0v) is 11.1. The van der Waals surface area contributed by atoms with Crippen LogP contribution in [0, 0.1) is 0 Å². The molecule has 5 nitrogen and oxygen atoms in total. The molecule has 2 aliphatic rings. The zero-order chi connectivity index (χ0) is 12.8. The van der Waals surface area contributed by atoms with E-state index in [1.807, 2.05) is 12.1 Å². The molecule has 0 saturated carbocycles. The van der Waals surface area contributed by atoms with Gasteiger partial charge >= 0.3 is 0 Å². The van der Waals surface area contributed by atoms with Crippen LogP contribution in [0.25, 0.3) is 0 Å². The predicted molar refractivity (Wildman–Crippen MR) is 69.8 cm³/mol. The molecule has 98 valence electrons. The molecule has 6 heteroatoms. The van der Waals surface area contributed by atoms with Gasteiger partial charge in [0.1, 0.15) is 10.6 Å². The molecule has 1 fully saturated rings. The SMILES string of the molecule is CN1CCC2(CC1)Nc1ccccc1S(=O)(=O)N2. The van der Waals surface area contributed by atoms with Crippen molar-refractivity contribution in [3.8, 4) is 0 Å². The van der Waals surface area contributed by atoms with Crippen LogP contribution in [0.3, 0.4) is 0 Å². The van der Waals surface area contributed by atoms with Crippen LogP contribution in [0.5, 0.6) is 0 Å². The van der Waals surface area contributed by atoms with E-state index in [2.05, 4.69) is 22.0 Å². The lowest BCUT2D eigenvalue weighted by Gasteiger charge is -2.44. The lowest BCUT2D eigenvalue weighted by molar-refractivity contribution is 0.194. The van der Waals surface area contributed by atoms with Crippen LogP contribution in [0.2, 0.25) is 0 Å². The number of likely N-dealkylation sites (tertiary alicyclic amines) is 1. The number of fused-ring (bicyclic) bond motifs is 1. The van der Waals surface area contributed by atoms with Gasteiger partial charge in [-0.25, -0.2) is 8.42 Å². The maximum absolute atomic E-state index is 12.3. The first-order chi connectivity index (χ1) is 8.51. The topological polar surface area (TPSA) is 61.4 Å². The van der Waals surface area contributed by atoms with Gasteiger partial charge in [-0.05, 0) is 32.0 Å². The monoisotopic (exact) mass is 267 g/mol. The van der Waals surface area contributed by atoms with Crippen LogP contribution < -0.4 is 10.0 Å². The standard InChI is InChI=1S/C12H17N3O2S/c1-15-8-6-12(7-9-15)13-10-4-2-3-5-11(10)18(16,17)14-12/h2-5,13-14H,6-9H2,1H3. The Kier molecular flexibility index (Phi) is 2.62. The van der Waals surface area contributed by atoms with Crippen LogP contribution in [0.4, 0.5) is 5.69 Å². The highest BCUT2D eigenvalue weighted by Gasteiger charge is 2.42. The van der Waals surface area contributed by atoms with Crippen molar-refractivity contribution in [1.82, 2.24) is 9.62 Å². The molecule has 0 atom stereocenters. The molecule has 1 saturated heterocycles. The number of hydrogen-bond acceptors (Lipinski definition) is 4. The maximum Gasteiger partial charge on any atom is 0.244 e. The first kappa shape index (κ1) is 12.0. The average Bonchev–Trinajstić information content (AvgIpc) is 2.33. The normalized spacial score (nSPS) is 25.4. The average molecular weight is 267 g/mol. The second kappa shape index (κ2) is 3.94. The third-order valence-corrected chi connectivity index (χ3v) is 5.32. The minimum Gasteiger partial charge on any atom is -0.365 e. The quantitative estimate of drug-likeness (QED) is 0.730. The Hall–Kier alpha value is -1.11. The highest BCUT2D eigenvalue weighted by Crippen LogP contribution is 2.34. The molecule has 2 N–H and O–H groups in total. The number of anilines is 1. The number of benzene rings is 1. The Morgan fingerprint density at radius 3 is 2.61 bits per heavy atom. The molecule has 0 bridgehead atoms. The number of sulfonamides is 1. The molecule has 0 aliphatic carbocycles. The molecule has 0 radical (unpaired) electrons. The van der Waals surface area contributed by atoms with Crippen molar-refractivity contribution in [2.75, 3.05) is 25.5 Å². The van der Waals surface area contributed by atoms with Gasteiger partial charge in [0.25, 0.3) is 0 Å². The number of nitrogens with zero attached hydrogens (tertiary/aromatic N) is 1. The van der Waals surface area contributed by atoms with E-state index in [4.69, 9.17) is 0 Å². The van der Waals surface area contributed by atoms with Crippen molar-refractivity contribution in [1.29, 1.82) is 0 Å². The van der Waals surface area contributed by atoms with E-state index >= 15 is 0 Å². The fourth-order valence-electron chi connectivity index (χ4n) is 2.63. The third kappa shape index (κ3) is 1.90. The van der Waals surface area contributed by atoms with Crippen LogP contribution in [-0.2, 0) is 10.0 Å². The van der Waals surface area contributed by atoms with E-state index in [1.54, 1.807) is 12.1 Å². The summed E-state index contributed by atoms with van der Waals surface area (Å²) in [6.45, 7) is 1.77.